The van der Waals surface area contributed by atoms with Crippen LogP contribution in [0.4, 0.5) is 0 Å². The molecular formula is C21H27NO4. The van der Waals surface area contributed by atoms with Gasteiger partial charge in [-0.15, -0.1) is 0 Å². The van der Waals surface area contributed by atoms with Crippen molar-refractivity contribution in [3.05, 3.63) is 48.0 Å². The lowest BCUT2D eigenvalue weighted by atomic mass is 9.78. The number of rotatable bonds is 10. The molecule has 2 saturated heterocycles. The van der Waals surface area contributed by atoms with E-state index in [2.05, 4.69) is 17.3 Å². The summed E-state index contributed by atoms with van der Waals surface area (Å²) in [6, 6.07) is 10.0. The average Bonchev–Trinajstić information content (AvgIpc) is 3.24. The second kappa shape index (κ2) is 9.53. The van der Waals surface area contributed by atoms with E-state index in [1.54, 1.807) is 0 Å². The third kappa shape index (κ3) is 5.18. The minimum Gasteiger partial charge on any atom is -0.481 e. The third-order valence-corrected chi connectivity index (χ3v) is 5.20. The van der Waals surface area contributed by atoms with Crippen LogP contribution in [0.2, 0.25) is 0 Å². The fourth-order valence-corrected chi connectivity index (χ4v) is 3.87. The van der Waals surface area contributed by atoms with Crippen molar-refractivity contribution in [2.45, 2.75) is 57.3 Å². The summed E-state index contributed by atoms with van der Waals surface area (Å²) in [6.45, 7) is 0.479. The lowest BCUT2D eigenvalue weighted by molar-refractivity contribution is -0.137. The topological polar surface area (TPSA) is 68.1 Å². The lowest BCUT2D eigenvalue weighted by Gasteiger charge is -2.23. The molecule has 5 nitrogen and oxygen atoms in total. The van der Waals surface area contributed by atoms with E-state index in [-0.39, 0.29) is 12.5 Å². The van der Waals surface area contributed by atoms with E-state index >= 15 is 0 Å². The van der Waals surface area contributed by atoms with Crippen molar-refractivity contribution < 1.29 is 19.5 Å². The first-order valence-corrected chi connectivity index (χ1v) is 9.45. The van der Waals surface area contributed by atoms with Gasteiger partial charge in [-0.3, -0.25) is 4.79 Å². The number of ether oxygens (including phenoxy) is 1. The van der Waals surface area contributed by atoms with Gasteiger partial charge in [-0.05, 0) is 43.6 Å². The van der Waals surface area contributed by atoms with E-state index in [1.807, 2.05) is 36.5 Å². The maximum Gasteiger partial charge on any atom is 0.303 e. The number of aliphatic carboxylic acids is 1. The second-order valence-corrected chi connectivity index (χ2v) is 7.04. The van der Waals surface area contributed by atoms with Gasteiger partial charge in [-0.1, -0.05) is 47.6 Å². The van der Waals surface area contributed by atoms with Gasteiger partial charge < -0.3 is 14.7 Å². The second-order valence-electron chi connectivity index (χ2n) is 7.04. The molecule has 1 aromatic rings. The fraction of sp³-hybridized carbons (Fsp3) is 0.524. The van der Waals surface area contributed by atoms with Gasteiger partial charge >= 0.3 is 5.97 Å². The highest BCUT2D eigenvalue weighted by Crippen LogP contribution is 2.44. The Morgan fingerprint density at radius 3 is 2.85 bits per heavy atom. The van der Waals surface area contributed by atoms with Crippen LogP contribution in [0.3, 0.4) is 0 Å². The van der Waals surface area contributed by atoms with Gasteiger partial charge in [0.05, 0.1) is 12.2 Å². The average molecular weight is 357 g/mol. The Bertz CT molecular complexity index is 628. The number of fused-ring (bicyclic) bond motifs is 2. The number of oxime groups is 1. The standard InChI is InChI=1S/C21H27NO4/c23-21(24)11-7-2-1-6-10-17-18(20-13-12-19(17)26-20)14-22-25-15-16-8-4-3-5-9-16/h1,3-6,8-9,14,17-20H,2,7,10-13,15H2,(H,23,24)/b6-1-,22-14?/t17-,18+,19-,20+/m1/s1. The first kappa shape index (κ1) is 18.6. The first-order valence-electron chi connectivity index (χ1n) is 9.45. The summed E-state index contributed by atoms with van der Waals surface area (Å²) in [5, 5.41) is 12.9. The van der Waals surface area contributed by atoms with Crippen molar-refractivity contribution in [3.63, 3.8) is 0 Å². The highest BCUT2D eigenvalue weighted by molar-refractivity contribution is 5.66. The monoisotopic (exact) mass is 357 g/mol. The van der Waals surface area contributed by atoms with Crippen LogP contribution in [0.5, 0.6) is 0 Å². The Morgan fingerprint density at radius 1 is 1.23 bits per heavy atom. The van der Waals surface area contributed by atoms with Crippen LogP contribution in [0.1, 0.15) is 44.1 Å². The number of unbranched alkanes of at least 4 members (excludes halogenated alkanes) is 1. The molecule has 2 aliphatic rings. The van der Waals surface area contributed by atoms with E-state index in [0.29, 0.717) is 31.0 Å². The quantitative estimate of drug-likeness (QED) is 0.295. The molecule has 0 aliphatic carbocycles. The summed E-state index contributed by atoms with van der Waals surface area (Å²) >= 11 is 0. The minimum absolute atomic E-state index is 0.232. The molecule has 0 aromatic heterocycles. The van der Waals surface area contributed by atoms with E-state index < -0.39 is 5.97 Å². The molecule has 0 amide bonds. The van der Waals surface area contributed by atoms with E-state index in [9.17, 15) is 4.79 Å². The number of nitrogens with zero attached hydrogens (tertiary/aromatic N) is 1. The zero-order valence-electron chi connectivity index (χ0n) is 15.0. The summed E-state index contributed by atoms with van der Waals surface area (Å²) in [5.41, 5.74) is 1.11. The molecule has 26 heavy (non-hydrogen) atoms. The Labute approximate surface area is 154 Å². The maximum atomic E-state index is 10.5. The van der Waals surface area contributed by atoms with Gasteiger partial charge in [0.15, 0.2) is 0 Å². The summed E-state index contributed by atoms with van der Waals surface area (Å²) in [6.07, 6.45) is 11.7. The van der Waals surface area contributed by atoms with Gasteiger partial charge in [-0.25, -0.2) is 0 Å². The van der Waals surface area contributed by atoms with Gasteiger partial charge in [0.2, 0.25) is 0 Å². The normalized spacial score (nSPS) is 27.5. The van der Waals surface area contributed by atoms with Crippen molar-refractivity contribution in [3.8, 4) is 0 Å². The number of hydrogen-bond acceptors (Lipinski definition) is 4. The van der Waals surface area contributed by atoms with Crippen LogP contribution in [0.25, 0.3) is 0 Å². The molecule has 2 bridgehead atoms. The van der Waals surface area contributed by atoms with Crippen molar-refractivity contribution in [1.29, 1.82) is 0 Å². The van der Waals surface area contributed by atoms with Gasteiger partial charge in [0.25, 0.3) is 0 Å². The number of hydrogen-bond donors (Lipinski definition) is 1. The number of carboxylic acid groups (broad SMARTS) is 1. The van der Waals surface area contributed by atoms with E-state index in [4.69, 9.17) is 14.7 Å². The Balaban J connectivity index is 1.45. The fourth-order valence-electron chi connectivity index (χ4n) is 3.87. The first-order chi connectivity index (χ1) is 12.7. The third-order valence-electron chi connectivity index (χ3n) is 5.20. The molecule has 140 valence electrons. The highest BCUT2D eigenvalue weighted by atomic mass is 16.6. The minimum atomic E-state index is -0.730. The number of benzene rings is 1. The summed E-state index contributed by atoms with van der Waals surface area (Å²) < 4.78 is 6.06. The van der Waals surface area contributed by atoms with Gasteiger partial charge in [0.1, 0.15) is 6.61 Å². The molecule has 0 unspecified atom stereocenters. The SMILES string of the molecule is O=C(O)CCC/C=C\C[C@@H]1[C@H](C=NOCc2ccccc2)[C@@H]2CC[C@H]1O2. The van der Waals surface area contributed by atoms with Crippen molar-refractivity contribution >= 4 is 12.2 Å². The Kier molecular flexibility index (Phi) is 6.83. The molecule has 0 spiro atoms. The van der Waals surface area contributed by atoms with E-state index in [0.717, 1.165) is 31.2 Å². The summed E-state index contributed by atoms with van der Waals surface area (Å²) in [5.74, 6) is 0.00780. The molecule has 1 aromatic carbocycles. The van der Waals surface area contributed by atoms with Crippen molar-refractivity contribution in [2.75, 3.05) is 0 Å². The number of carboxylic acids is 1. The molecule has 4 atom stereocenters. The summed E-state index contributed by atoms with van der Waals surface area (Å²) in [4.78, 5) is 16.0. The maximum absolute atomic E-state index is 10.5. The number of allylic oxidation sites excluding steroid dienone is 2. The van der Waals surface area contributed by atoms with Crippen LogP contribution in [0, 0.1) is 11.8 Å². The van der Waals surface area contributed by atoms with E-state index in [1.165, 1.54) is 0 Å². The molecule has 1 N–H and O–H groups in total. The van der Waals surface area contributed by atoms with Crippen LogP contribution < -0.4 is 0 Å². The Hall–Kier alpha value is -2.14. The largest absolute Gasteiger partial charge is 0.481 e. The van der Waals surface area contributed by atoms with Crippen LogP contribution >= 0.6 is 0 Å². The Morgan fingerprint density at radius 2 is 2.04 bits per heavy atom. The lowest BCUT2D eigenvalue weighted by Crippen LogP contribution is -2.28. The molecule has 2 aliphatic heterocycles. The molecule has 2 heterocycles. The predicted molar refractivity (Wildman–Crippen MR) is 99.8 cm³/mol. The van der Waals surface area contributed by atoms with Crippen molar-refractivity contribution in [2.24, 2.45) is 17.0 Å². The smallest absolute Gasteiger partial charge is 0.303 e. The highest BCUT2D eigenvalue weighted by Gasteiger charge is 2.47. The molecule has 0 saturated carbocycles. The van der Waals surface area contributed by atoms with Gasteiger partial charge in [0, 0.05) is 18.6 Å². The predicted octanol–water partition coefficient (Wildman–Crippen LogP) is 4.18. The van der Waals surface area contributed by atoms with Gasteiger partial charge in [-0.2, -0.15) is 0 Å². The molecule has 2 fully saturated rings. The molecule has 5 heteroatoms. The van der Waals surface area contributed by atoms with Crippen molar-refractivity contribution in [1.82, 2.24) is 0 Å². The van der Waals surface area contributed by atoms with Crippen LogP contribution in [-0.2, 0) is 21.0 Å². The molecule has 0 radical (unpaired) electrons. The summed E-state index contributed by atoms with van der Waals surface area (Å²) in [7, 11) is 0. The number of carbonyl (C=O) groups is 1. The molecular weight excluding hydrogens is 330 g/mol. The van der Waals surface area contributed by atoms with Crippen LogP contribution in [-0.4, -0.2) is 29.5 Å². The van der Waals surface area contributed by atoms with Crippen LogP contribution in [0.15, 0.2) is 47.6 Å². The zero-order chi connectivity index (χ0) is 18.2. The molecule has 3 rings (SSSR count). The zero-order valence-corrected chi connectivity index (χ0v) is 15.0.